The molecule has 0 saturated carbocycles. The summed E-state index contributed by atoms with van der Waals surface area (Å²) in [6.07, 6.45) is 2.18. The molecule has 0 bridgehead atoms. The highest BCUT2D eigenvalue weighted by molar-refractivity contribution is 7.13. The fourth-order valence-electron chi connectivity index (χ4n) is 2.58. The van der Waals surface area contributed by atoms with Gasteiger partial charge in [0, 0.05) is 5.92 Å². The van der Waals surface area contributed by atoms with Crippen LogP contribution in [0.3, 0.4) is 0 Å². The van der Waals surface area contributed by atoms with Crippen LogP contribution in [0.5, 0.6) is 5.19 Å². The van der Waals surface area contributed by atoms with Gasteiger partial charge in [-0.3, -0.25) is 4.90 Å². The van der Waals surface area contributed by atoms with E-state index in [9.17, 15) is 0 Å². The number of nitrogens with zero attached hydrogens (tertiary/aromatic N) is 5. The van der Waals surface area contributed by atoms with Gasteiger partial charge in [0.25, 0.3) is 5.19 Å². The third-order valence-corrected chi connectivity index (χ3v) is 4.49. The minimum atomic E-state index is 0.204. The van der Waals surface area contributed by atoms with Crippen molar-refractivity contribution in [3.63, 3.8) is 0 Å². The van der Waals surface area contributed by atoms with Crippen molar-refractivity contribution in [3.05, 3.63) is 16.7 Å². The Labute approximate surface area is 133 Å². The molecule has 22 heavy (non-hydrogen) atoms. The van der Waals surface area contributed by atoms with Crippen molar-refractivity contribution in [2.24, 2.45) is 0 Å². The van der Waals surface area contributed by atoms with Crippen molar-refractivity contribution in [2.45, 2.75) is 52.1 Å². The molecule has 2 aromatic rings. The standard InChI is InChI=1S/C14H21N5O2S/c1-4-20-14-17-16-11(22-14)8-19-7-5-6-10(19)12-15-13(9(2)3)21-18-12/h9-10H,4-8H2,1-3H3/t10-/m1/s1. The molecule has 3 rings (SSSR count). The number of aromatic nitrogens is 4. The molecule has 120 valence electrons. The Hall–Kier alpha value is -1.54. The lowest BCUT2D eigenvalue weighted by molar-refractivity contribution is 0.233. The van der Waals surface area contributed by atoms with E-state index in [1.807, 2.05) is 6.92 Å². The molecule has 3 heterocycles. The van der Waals surface area contributed by atoms with Gasteiger partial charge in [0.1, 0.15) is 5.01 Å². The first-order valence-electron chi connectivity index (χ1n) is 7.70. The molecule has 0 amide bonds. The molecule has 1 fully saturated rings. The van der Waals surface area contributed by atoms with Gasteiger partial charge in [0.15, 0.2) is 5.82 Å². The van der Waals surface area contributed by atoms with Gasteiger partial charge < -0.3 is 9.26 Å². The summed E-state index contributed by atoms with van der Waals surface area (Å²) in [5, 5.41) is 14.0. The summed E-state index contributed by atoms with van der Waals surface area (Å²) in [6, 6.07) is 0.204. The van der Waals surface area contributed by atoms with Crippen molar-refractivity contribution in [3.8, 4) is 5.19 Å². The highest BCUT2D eigenvalue weighted by Crippen LogP contribution is 2.33. The summed E-state index contributed by atoms with van der Waals surface area (Å²) in [4.78, 5) is 6.88. The van der Waals surface area contributed by atoms with E-state index in [0.29, 0.717) is 17.7 Å². The number of hydrogen-bond acceptors (Lipinski definition) is 8. The topological polar surface area (TPSA) is 77.2 Å². The lowest BCUT2D eigenvalue weighted by atomic mass is 10.2. The van der Waals surface area contributed by atoms with Crippen molar-refractivity contribution in [1.29, 1.82) is 0 Å². The zero-order valence-electron chi connectivity index (χ0n) is 13.2. The van der Waals surface area contributed by atoms with E-state index in [0.717, 1.165) is 36.8 Å². The van der Waals surface area contributed by atoms with Gasteiger partial charge in [-0.25, -0.2) is 0 Å². The molecule has 0 aromatic carbocycles. The Morgan fingerprint density at radius 1 is 1.41 bits per heavy atom. The number of rotatable bonds is 6. The van der Waals surface area contributed by atoms with E-state index >= 15 is 0 Å². The van der Waals surface area contributed by atoms with Crippen LogP contribution in [0.4, 0.5) is 0 Å². The summed E-state index contributed by atoms with van der Waals surface area (Å²) >= 11 is 1.50. The molecule has 1 atom stereocenters. The van der Waals surface area contributed by atoms with Gasteiger partial charge in [-0.15, -0.1) is 10.2 Å². The number of hydrogen-bond donors (Lipinski definition) is 0. The molecule has 8 heteroatoms. The summed E-state index contributed by atoms with van der Waals surface area (Å²) in [6.45, 7) is 8.43. The Morgan fingerprint density at radius 3 is 3.00 bits per heavy atom. The van der Waals surface area contributed by atoms with Gasteiger partial charge >= 0.3 is 0 Å². The summed E-state index contributed by atoms with van der Waals surface area (Å²) in [5.41, 5.74) is 0. The van der Waals surface area contributed by atoms with Crippen molar-refractivity contribution < 1.29 is 9.26 Å². The first-order valence-corrected chi connectivity index (χ1v) is 8.51. The average Bonchev–Trinajstić information content (AvgIpc) is 3.19. The third kappa shape index (κ3) is 3.27. The Bertz CT molecular complexity index is 612. The highest BCUT2D eigenvalue weighted by Gasteiger charge is 2.31. The lowest BCUT2D eigenvalue weighted by Gasteiger charge is -2.19. The fourth-order valence-corrected chi connectivity index (χ4v) is 3.35. The smallest absolute Gasteiger partial charge is 0.294 e. The maximum atomic E-state index is 5.38. The molecular formula is C14H21N5O2S. The zero-order valence-corrected chi connectivity index (χ0v) is 14.0. The van der Waals surface area contributed by atoms with E-state index in [1.165, 1.54) is 11.3 Å². The lowest BCUT2D eigenvalue weighted by Crippen LogP contribution is -2.23. The molecule has 0 radical (unpaired) electrons. The molecule has 1 saturated heterocycles. The zero-order chi connectivity index (χ0) is 15.5. The second-order valence-corrected chi connectivity index (χ2v) is 6.69. The first kappa shape index (κ1) is 15.4. The van der Waals surface area contributed by atoms with Crippen LogP contribution in [0.15, 0.2) is 4.52 Å². The van der Waals surface area contributed by atoms with Crippen LogP contribution in [0.25, 0.3) is 0 Å². The fraction of sp³-hybridized carbons (Fsp3) is 0.714. The minimum absolute atomic E-state index is 0.204. The SMILES string of the molecule is CCOc1nnc(CN2CCC[C@@H]2c2noc(C(C)C)n2)s1. The molecule has 2 aromatic heterocycles. The molecule has 0 unspecified atom stereocenters. The maximum Gasteiger partial charge on any atom is 0.294 e. The Morgan fingerprint density at radius 2 is 2.27 bits per heavy atom. The largest absolute Gasteiger partial charge is 0.469 e. The van der Waals surface area contributed by atoms with E-state index in [4.69, 9.17) is 9.26 Å². The Kier molecular flexibility index (Phi) is 4.68. The van der Waals surface area contributed by atoms with Crippen molar-refractivity contribution >= 4 is 11.3 Å². The normalized spacial score (nSPS) is 19.2. The molecule has 0 aliphatic carbocycles. The first-order chi connectivity index (χ1) is 10.7. The molecular weight excluding hydrogens is 302 g/mol. The minimum Gasteiger partial charge on any atom is -0.469 e. The second kappa shape index (κ2) is 6.70. The number of likely N-dealkylation sites (tertiary alicyclic amines) is 1. The van der Waals surface area contributed by atoms with Crippen LogP contribution in [-0.2, 0) is 6.54 Å². The predicted molar refractivity (Wildman–Crippen MR) is 81.9 cm³/mol. The quantitative estimate of drug-likeness (QED) is 0.809. The molecule has 0 N–H and O–H groups in total. The van der Waals surface area contributed by atoms with Crippen molar-refractivity contribution in [2.75, 3.05) is 13.2 Å². The van der Waals surface area contributed by atoms with Crippen LogP contribution in [-0.4, -0.2) is 38.4 Å². The van der Waals surface area contributed by atoms with Crippen LogP contribution < -0.4 is 4.74 Å². The number of ether oxygens (including phenoxy) is 1. The van der Waals surface area contributed by atoms with Crippen molar-refractivity contribution in [1.82, 2.24) is 25.2 Å². The molecule has 1 aliphatic heterocycles. The van der Waals surface area contributed by atoms with Gasteiger partial charge in [0.05, 0.1) is 19.2 Å². The van der Waals surface area contributed by atoms with Gasteiger partial charge in [-0.1, -0.05) is 30.3 Å². The molecule has 7 nitrogen and oxygen atoms in total. The molecule has 0 spiro atoms. The summed E-state index contributed by atoms with van der Waals surface area (Å²) in [5.74, 6) is 1.75. The molecule has 1 aliphatic rings. The predicted octanol–water partition coefficient (Wildman–Crippen LogP) is 2.78. The Balaban J connectivity index is 1.69. The summed E-state index contributed by atoms with van der Waals surface area (Å²) < 4.78 is 10.7. The third-order valence-electron chi connectivity index (χ3n) is 3.67. The van der Waals surface area contributed by atoms with E-state index in [-0.39, 0.29) is 12.0 Å². The maximum absolute atomic E-state index is 5.38. The van der Waals surface area contributed by atoms with Gasteiger partial charge in [0.2, 0.25) is 5.89 Å². The van der Waals surface area contributed by atoms with Gasteiger partial charge in [-0.05, 0) is 26.3 Å². The van der Waals surface area contributed by atoms with E-state index in [1.54, 1.807) is 0 Å². The van der Waals surface area contributed by atoms with E-state index < -0.39 is 0 Å². The average molecular weight is 323 g/mol. The van der Waals surface area contributed by atoms with E-state index in [2.05, 4.69) is 39.1 Å². The second-order valence-electron chi connectivity index (χ2n) is 5.67. The van der Waals surface area contributed by atoms with Gasteiger partial charge in [-0.2, -0.15) is 4.98 Å². The monoisotopic (exact) mass is 323 g/mol. The van der Waals surface area contributed by atoms with Crippen LogP contribution >= 0.6 is 11.3 Å². The van der Waals surface area contributed by atoms with Crippen LogP contribution in [0, 0.1) is 0 Å². The van der Waals surface area contributed by atoms with Crippen LogP contribution in [0.1, 0.15) is 62.3 Å². The highest BCUT2D eigenvalue weighted by atomic mass is 32.1. The summed E-state index contributed by atoms with van der Waals surface area (Å²) in [7, 11) is 0. The van der Waals surface area contributed by atoms with Crippen LogP contribution in [0.2, 0.25) is 0 Å².